The zero-order valence-electron chi connectivity index (χ0n) is 12.8. The molecule has 0 bridgehead atoms. The summed E-state index contributed by atoms with van der Waals surface area (Å²) in [6.45, 7) is 0. The number of hydrogen-bond acceptors (Lipinski definition) is 1. The Kier molecular flexibility index (Phi) is 2.91. The van der Waals surface area contributed by atoms with Crippen LogP contribution in [0.15, 0.2) is 83.3 Å². The molecular formula is C22H13ClO. The average Bonchev–Trinajstić information content (AvgIpc) is 2.99. The summed E-state index contributed by atoms with van der Waals surface area (Å²) in [6, 6.07) is 26.9. The summed E-state index contributed by atoms with van der Waals surface area (Å²) in [7, 11) is 0. The Morgan fingerprint density at radius 1 is 0.625 bits per heavy atom. The molecule has 0 atom stereocenters. The lowest BCUT2D eigenvalue weighted by Gasteiger charge is -2.08. The van der Waals surface area contributed by atoms with Crippen molar-refractivity contribution in [2.24, 2.45) is 0 Å². The van der Waals surface area contributed by atoms with Crippen molar-refractivity contribution < 1.29 is 4.42 Å². The molecule has 0 amide bonds. The van der Waals surface area contributed by atoms with Crippen molar-refractivity contribution in [2.45, 2.75) is 0 Å². The molecule has 0 spiro atoms. The van der Waals surface area contributed by atoms with Gasteiger partial charge in [0.05, 0.1) is 0 Å². The number of furan rings is 1. The predicted molar refractivity (Wildman–Crippen MR) is 102 cm³/mol. The fourth-order valence-electron chi connectivity index (χ4n) is 3.43. The Morgan fingerprint density at radius 2 is 1.38 bits per heavy atom. The molecule has 0 aliphatic heterocycles. The molecule has 0 unspecified atom stereocenters. The fraction of sp³-hybridized carbons (Fsp3) is 0. The van der Waals surface area contributed by atoms with Gasteiger partial charge in [-0.05, 0) is 34.7 Å². The van der Waals surface area contributed by atoms with E-state index in [1.54, 1.807) is 0 Å². The highest BCUT2D eigenvalue weighted by Crippen LogP contribution is 2.39. The van der Waals surface area contributed by atoms with Crippen LogP contribution in [-0.4, -0.2) is 0 Å². The van der Waals surface area contributed by atoms with E-state index in [2.05, 4.69) is 54.6 Å². The Morgan fingerprint density at radius 3 is 2.21 bits per heavy atom. The topological polar surface area (TPSA) is 13.1 Å². The van der Waals surface area contributed by atoms with Crippen molar-refractivity contribution in [3.8, 4) is 11.1 Å². The summed E-state index contributed by atoms with van der Waals surface area (Å²) in [5, 5.41) is 5.23. The lowest BCUT2D eigenvalue weighted by atomic mass is 9.95. The van der Waals surface area contributed by atoms with Gasteiger partial charge in [0.15, 0.2) is 0 Å². The van der Waals surface area contributed by atoms with Crippen molar-refractivity contribution in [3.63, 3.8) is 0 Å². The van der Waals surface area contributed by atoms with Crippen molar-refractivity contribution in [2.75, 3.05) is 0 Å². The summed E-state index contributed by atoms with van der Waals surface area (Å²) in [6.07, 6.45) is 0. The van der Waals surface area contributed by atoms with Gasteiger partial charge in [-0.2, -0.15) is 0 Å². The zero-order valence-corrected chi connectivity index (χ0v) is 13.5. The summed E-state index contributed by atoms with van der Waals surface area (Å²) < 4.78 is 6.15. The van der Waals surface area contributed by atoms with Crippen LogP contribution in [0, 0.1) is 0 Å². The molecule has 0 fully saturated rings. The van der Waals surface area contributed by atoms with Crippen molar-refractivity contribution in [3.05, 3.63) is 83.9 Å². The molecular weight excluding hydrogens is 316 g/mol. The van der Waals surface area contributed by atoms with Gasteiger partial charge in [0.2, 0.25) is 0 Å². The lowest BCUT2D eigenvalue weighted by Crippen LogP contribution is -1.82. The van der Waals surface area contributed by atoms with Crippen LogP contribution >= 0.6 is 11.6 Å². The van der Waals surface area contributed by atoms with Crippen LogP contribution in [0.25, 0.3) is 43.8 Å². The van der Waals surface area contributed by atoms with Crippen molar-refractivity contribution >= 4 is 44.3 Å². The Bertz CT molecular complexity index is 1200. The van der Waals surface area contributed by atoms with Gasteiger partial charge in [-0.15, -0.1) is 0 Å². The van der Waals surface area contributed by atoms with Gasteiger partial charge in [0.25, 0.3) is 0 Å². The predicted octanol–water partition coefficient (Wildman–Crippen LogP) is 7.06. The van der Waals surface area contributed by atoms with Gasteiger partial charge in [-0.1, -0.05) is 66.2 Å². The van der Waals surface area contributed by atoms with E-state index in [1.165, 1.54) is 16.5 Å². The Labute approximate surface area is 144 Å². The van der Waals surface area contributed by atoms with Gasteiger partial charge in [-0.25, -0.2) is 0 Å². The van der Waals surface area contributed by atoms with E-state index in [1.807, 2.05) is 24.3 Å². The van der Waals surface area contributed by atoms with E-state index in [0.29, 0.717) is 5.02 Å². The highest BCUT2D eigenvalue weighted by molar-refractivity contribution is 6.31. The summed E-state index contributed by atoms with van der Waals surface area (Å²) >= 11 is 6.13. The highest BCUT2D eigenvalue weighted by Gasteiger charge is 2.14. The number of rotatable bonds is 1. The normalized spacial score (nSPS) is 11.5. The molecule has 24 heavy (non-hydrogen) atoms. The third-order valence-corrected chi connectivity index (χ3v) is 4.76. The minimum Gasteiger partial charge on any atom is -0.455 e. The molecule has 0 aliphatic carbocycles. The van der Waals surface area contributed by atoms with Gasteiger partial charge in [0, 0.05) is 27.2 Å². The van der Waals surface area contributed by atoms with Gasteiger partial charge < -0.3 is 4.42 Å². The van der Waals surface area contributed by atoms with Crippen LogP contribution in [0.2, 0.25) is 5.02 Å². The van der Waals surface area contributed by atoms with Crippen molar-refractivity contribution in [1.29, 1.82) is 0 Å². The Balaban J connectivity index is 2.00. The van der Waals surface area contributed by atoms with Crippen molar-refractivity contribution in [1.82, 2.24) is 0 Å². The first-order chi connectivity index (χ1) is 11.8. The fourth-order valence-corrected chi connectivity index (χ4v) is 3.59. The lowest BCUT2D eigenvalue weighted by molar-refractivity contribution is 0.673. The van der Waals surface area contributed by atoms with E-state index in [-0.39, 0.29) is 0 Å². The average molecular weight is 329 g/mol. The van der Waals surface area contributed by atoms with Gasteiger partial charge >= 0.3 is 0 Å². The molecule has 0 radical (unpaired) electrons. The zero-order chi connectivity index (χ0) is 16.1. The molecule has 0 N–H and O–H groups in total. The molecule has 0 saturated carbocycles. The van der Waals surface area contributed by atoms with Crippen LogP contribution in [0.5, 0.6) is 0 Å². The summed E-state index contributed by atoms with van der Waals surface area (Å²) in [4.78, 5) is 0. The molecule has 4 aromatic carbocycles. The van der Waals surface area contributed by atoms with Crippen LogP contribution in [-0.2, 0) is 0 Å². The molecule has 2 heteroatoms. The van der Waals surface area contributed by atoms with Crippen LogP contribution in [0.3, 0.4) is 0 Å². The monoisotopic (exact) mass is 328 g/mol. The third kappa shape index (κ3) is 1.95. The minimum atomic E-state index is 0.689. The molecule has 0 saturated heterocycles. The first kappa shape index (κ1) is 13.6. The largest absolute Gasteiger partial charge is 0.455 e. The number of halogens is 1. The molecule has 5 aromatic rings. The van der Waals surface area contributed by atoms with E-state index in [9.17, 15) is 0 Å². The molecule has 114 valence electrons. The van der Waals surface area contributed by atoms with E-state index < -0.39 is 0 Å². The number of hydrogen-bond donors (Lipinski definition) is 0. The van der Waals surface area contributed by atoms with Crippen LogP contribution < -0.4 is 0 Å². The van der Waals surface area contributed by atoms with E-state index in [4.69, 9.17) is 16.0 Å². The maximum Gasteiger partial charge on any atom is 0.143 e. The maximum atomic E-state index is 6.15. The Hall–Kier alpha value is -2.77. The first-order valence-electron chi connectivity index (χ1n) is 7.90. The second kappa shape index (κ2) is 5.12. The standard InChI is InChI=1S/C22H13ClO/c23-15-10-11-17-20-13-19(14-6-2-1-3-7-14)16-8-4-5-9-18(16)22(20)24-21(17)12-15/h1-13H. The second-order valence-electron chi connectivity index (χ2n) is 5.95. The molecule has 1 heterocycles. The SMILES string of the molecule is Clc1ccc2c(c1)oc1c3ccccc3c(-c3ccccc3)cc21. The van der Waals surface area contributed by atoms with Gasteiger partial charge in [0.1, 0.15) is 11.2 Å². The number of benzene rings is 4. The smallest absolute Gasteiger partial charge is 0.143 e. The quantitative estimate of drug-likeness (QED) is 0.321. The molecule has 1 aromatic heterocycles. The highest BCUT2D eigenvalue weighted by atomic mass is 35.5. The van der Waals surface area contributed by atoms with Crippen LogP contribution in [0.4, 0.5) is 0 Å². The second-order valence-corrected chi connectivity index (χ2v) is 6.39. The molecule has 5 rings (SSSR count). The maximum absolute atomic E-state index is 6.15. The van der Waals surface area contributed by atoms with Crippen LogP contribution in [0.1, 0.15) is 0 Å². The molecule has 0 aliphatic rings. The van der Waals surface area contributed by atoms with E-state index in [0.717, 1.165) is 27.3 Å². The summed E-state index contributed by atoms with van der Waals surface area (Å²) in [5.41, 5.74) is 4.17. The van der Waals surface area contributed by atoms with Gasteiger partial charge in [-0.3, -0.25) is 0 Å². The third-order valence-electron chi connectivity index (χ3n) is 4.53. The molecule has 1 nitrogen and oxygen atoms in total. The minimum absolute atomic E-state index is 0.689. The summed E-state index contributed by atoms with van der Waals surface area (Å²) in [5.74, 6) is 0. The van der Waals surface area contributed by atoms with E-state index >= 15 is 0 Å². The first-order valence-corrected chi connectivity index (χ1v) is 8.28. The number of fused-ring (bicyclic) bond motifs is 5.